The quantitative estimate of drug-likeness (QED) is 0.625. The van der Waals surface area contributed by atoms with Gasteiger partial charge < -0.3 is 14.2 Å². The van der Waals surface area contributed by atoms with Crippen LogP contribution in [0.15, 0.2) is 53.9 Å². The molecule has 1 aromatic heterocycles. The normalized spacial score (nSPS) is 25.0. The zero-order valence-electron chi connectivity index (χ0n) is 13.5. The van der Waals surface area contributed by atoms with E-state index in [-0.39, 0.29) is 12.9 Å². The van der Waals surface area contributed by atoms with Gasteiger partial charge in [-0.15, -0.1) is 11.3 Å². The van der Waals surface area contributed by atoms with E-state index in [2.05, 4.69) is 47.8 Å². The van der Waals surface area contributed by atoms with E-state index >= 15 is 0 Å². The molecule has 3 atom stereocenters. The smallest absolute Gasteiger partial charge is 0.231 e. The maximum atomic E-state index is 6.50. The average molecular weight is 348 g/mol. The van der Waals surface area contributed by atoms with Gasteiger partial charge in [0, 0.05) is 28.3 Å². The molecule has 0 fully saturated rings. The summed E-state index contributed by atoms with van der Waals surface area (Å²) in [6, 6.07) is 17.2. The highest BCUT2D eigenvalue weighted by molar-refractivity contribution is 7.10. The molecule has 124 valence electrons. The predicted octanol–water partition coefficient (Wildman–Crippen LogP) is 4.91. The summed E-state index contributed by atoms with van der Waals surface area (Å²) in [7, 11) is 0. The number of hydrogen-bond acceptors (Lipinski definition) is 4. The Morgan fingerprint density at radius 2 is 1.76 bits per heavy atom. The van der Waals surface area contributed by atoms with E-state index < -0.39 is 0 Å². The van der Waals surface area contributed by atoms with Crippen molar-refractivity contribution >= 4 is 11.3 Å². The fraction of sp³-hybridized carbons (Fsp3) is 0.238. The number of thiophene rings is 1. The van der Waals surface area contributed by atoms with Crippen molar-refractivity contribution in [3.8, 4) is 17.2 Å². The second-order valence-corrected chi connectivity index (χ2v) is 7.82. The summed E-state index contributed by atoms with van der Waals surface area (Å²) in [6.07, 6.45) is 1.16. The summed E-state index contributed by atoms with van der Waals surface area (Å²) in [5.74, 6) is 3.30. The largest absolute Gasteiger partial charge is 0.485 e. The fourth-order valence-electron chi connectivity index (χ4n) is 4.52. The molecule has 3 heterocycles. The average Bonchev–Trinajstić information content (AvgIpc) is 3.37. The Kier molecular flexibility index (Phi) is 2.77. The molecule has 3 aromatic rings. The lowest BCUT2D eigenvalue weighted by Crippen LogP contribution is -2.27. The van der Waals surface area contributed by atoms with Gasteiger partial charge in [-0.25, -0.2) is 0 Å². The van der Waals surface area contributed by atoms with Crippen molar-refractivity contribution in [1.82, 2.24) is 0 Å². The first-order valence-electron chi connectivity index (χ1n) is 8.60. The molecule has 25 heavy (non-hydrogen) atoms. The Morgan fingerprint density at radius 3 is 2.64 bits per heavy atom. The Morgan fingerprint density at radius 1 is 0.880 bits per heavy atom. The van der Waals surface area contributed by atoms with Crippen molar-refractivity contribution in [3.63, 3.8) is 0 Å². The van der Waals surface area contributed by atoms with E-state index in [1.807, 2.05) is 17.4 Å². The van der Waals surface area contributed by atoms with Crippen molar-refractivity contribution in [2.24, 2.45) is 5.92 Å². The van der Waals surface area contributed by atoms with E-state index in [1.165, 1.54) is 21.6 Å². The predicted molar refractivity (Wildman–Crippen MR) is 95.7 cm³/mol. The van der Waals surface area contributed by atoms with Crippen molar-refractivity contribution in [2.75, 3.05) is 6.79 Å². The Hall–Kier alpha value is -2.46. The third-order valence-electron chi connectivity index (χ3n) is 5.58. The Bertz CT molecular complexity index is 963. The van der Waals surface area contributed by atoms with Gasteiger partial charge in [-0.2, -0.15) is 0 Å². The summed E-state index contributed by atoms with van der Waals surface area (Å²) in [6.45, 7) is 0.289. The molecule has 0 N–H and O–H groups in total. The summed E-state index contributed by atoms with van der Waals surface area (Å²) < 4.78 is 17.7. The molecule has 4 heteroatoms. The SMILES string of the molecule is c1csc([C@H]2c3cc4c(cc3O[C@H]3c5ccccc5C[C@@H]23)OCO4)c1. The maximum absolute atomic E-state index is 6.50. The molecule has 0 radical (unpaired) electrons. The van der Waals surface area contributed by atoms with Crippen LogP contribution in [0.1, 0.15) is 33.6 Å². The zero-order chi connectivity index (χ0) is 16.4. The zero-order valence-corrected chi connectivity index (χ0v) is 14.3. The number of rotatable bonds is 1. The number of ether oxygens (including phenoxy) is 3. The van der Waals surface area contributed by atoms with Gasteiger partial charge in [0.15, 0.2) is 11.5 Å². The summed E-state index contributed by atoms with van der Waals surface area (Å²) in [5.41, 5.74) is 3.96. The molecule has 3 nitrogen and oxygen atoms in total. The van der Waals surface area contributed by atoms with E-state index in [0.29, 0.717) is 11.8 Å². The highest BCUT2D eigenvalue weighted by atomic mass is 32.1. The fourth-order valence-corrected chi connectivity index (χ4v) is 5.44. The van der Waals surface area contributed by atoms with E-state index in [1.54, 1.807) is 0 Å². The van der Waals surface area contributed by atoms with Gasteiger partial charge in [0.25, 0.3) is 0 Å². The molecular weight excluding hydrogens is 332 g/mol. The molecule has 0 saturated carbocycles. The third-order valence-corrected chi connectivity index (χ3v) is 6.53. The van der Waals surface area contributed by atoms with Crippen LogP contribution in [0.25, 0.3) is 0 Å². The Labute approximate surface area is 149 Å². The molecule has 1 aliphatic carbocycles. The van der Waals surface area contributed by atoms with Crippen LogP contribution in [0.2, 0.25) is 0 Å². The van der Waals surface area contributed by atoms with Gasteiger partial charge in [0.2, 0.25) is 6.79 Å². The summed E-state index contributed by atoms with van der Waals surface area (Å²) in [5, 5.41) is 2.16. The lowest BCUT2D eigenvalue weighted by molar-refractivity contribution is 0.116. The first kappa shape index (κ1) is 13.8. The molecule has 0 spiro atoms. The monoisotopic (exact) mass is 348 g/mol. The highest BCUT2D eigenvalue weighted by Crippen LogP contribution is 2.57. The van der Waals surface area contributed by atoms with Gasteiger partial charge >= 0.3 is 0 Å². The molecule has 2 aliphatic heterocycles. The number of benzene rings is 2. The molecule has 6 rings (SSSR count). The molecule has 2 aromatic carbocycles. The lowest BCUT2D eigenvalue weighted by atomic mass is 9.79. The number of hydrogen-bond donors (Lipinski definition) is 0. The maximum Gasteiger partial charge on any atom is 0.231 e. The minimum absolute atomic E-state index is 0.108. The molecular formula is C21H16O3S. The second-order valence-electron chi connectivity index (χ2n) is 6.84. The van der Waals surface area contributed by atoms with Crippen LogP contribution in [0.4, 0.5) is 0 Å². The lowest BCUT2D eigenvalue weighted by Gasteiger charge is -2.36. The summed E-state index contributed by atoms with van der Waals surface area (Å²) >= 11 is 1.83. The highest BCUT2D eigenvalue weighted by Gasteiger charge is 2.45. The van der Waals surface area contributed by atoms with Crippen LogP contribution < -0.4 is 14.2 Å². The number of fused-ring (bicyclic) bond motifs is 5. The van der Waals surface area contributed by atoms with Gasteiger partial charge in [0.1, 0.15) is 11.9 Å². The van der Waals surface area contributed by atoms with Crippen LogP contribution in [0.3, 0.4) is 0 Å². The summed E-state index contributed by atoms with van der Waals surface area (Å²) in [4.78, 5) is 1.39. The van der Waals surface area contributed by atoms with Crippen LogP contribution in [-0.4, -0.2) is 6.79 Å². The topological polar surface area (TPSA) is 27.7 Å². The van der Waals surface area contributed by atoms with Gasteiger partial charge in [-0.1, -0.05) is 30.3 Å². The van der Waals surface area contributed by atoms with Gasteiger partial charge in [-0.05, 0) is 35.1 Å². The van der Waals surface area contributed by atoms with Gasteiger partial charge in [0.05, 0.1) is 0 Å². The first-order chi connectivity index (χ1) is 12.4. The minimum atomic E-state index is 0.108. The van der Waals surface area contributed by atoms with Crippen LogP contribution >= 0.6 is 11.3 Å². The molecule has 0 saturated heterocycles. The third kappa shape index (κ3) is 1.91. The molecule has 0 amide bonds. The Balaban J connectivity index is 1.56. The van der Waals surface area contributed by atoms with Crippen LogP contribution in [-0.2, 0) is 6.42 Å². The molecule has 0 unspecified atom stereocenters. The van der Waals surface area contributed by atoms with E-state index in [0.717, 1.165) is 23.7 Å². The minimum Gasteiger partial charge on any atom is -0.485 e. The standard InChI is InChI=1S/C21H16O3S/c1-2-5-13-12(4-1)8-15-20(19-6-3-7-25-19)14-9-17-18(23-11-22-17)10-16(14)24-21(13)15/h1-7,9-10,15,20-21H,8,11H2/t15-,20-,21-/m0/s1. The van der Waals surface area contributed by atoms with Crippen molar-refractivity contribution < 1.29 is 14.2 Å². The van der Waals surface area contributed by atoms with Crippen molar-refractivity contribution in [1.29, 1.82) is 0 Å². The second kappa shape index (κ2) is 5.02. The van der Waals surface area contributed by atoms with Crippen LogP contribution in [0.5, 0.6) is 17.2 Å². The first-order valence-corrected chi connectivity index (χ1v) is 9.48. The van der Waals surface area contributed by atoms with Crippen molar-refractivity contribution in [3.05, 3.63) is 75.5 Å². The van der Waals surface area contributed by atoms with E-state index in [9.17, 15) is 0 Å². The van der Waals surface area contributed by atoms with Crippen molar-refractivity contribution in [2.45, 2.75) is 18.4 Å². The molecule has 0 bridgehead atoms. The van der Waals surface area contributed by atoms with Crippen LogP contribution in [0, 0.1) is 5.92 Å². The molecule has 3 aliphatic rings. The van der Waals surface area contributed by atoms with Gasteiger partial charge in [-0.3, -0.25) is 0 Å². The van der Waals surface area contributed by atoms with E-state index in [4.69, 9.17) is 14.2 Å².